The van der Waals surface area contributed by atoms with E-state index in [-0.39, 0.29) is 30.0 Å². The van der Waals surface area contributed by atoms with E-state index < -0.39 is 11.9 Å². The van der Waals surface area contributed by atoms with Crippen molar-refractivity contribution in [2.24, 2.45) is 5.92 Å². The van der Waals surface area contributed by atoms with Crippen LogP contribution in [0.25, 0.3) is 0 Å². The van der Waals surface area contributed by atoms with Crippen LogP contribution < -0.4 is 5.32 Å². The molecule has 0 amide bonds. The molecule has 2 atom stereocenters. The third-order valence-electron chi connectivity index (χ3n) is 4.85. The normalized spacial score (nSPS) is 21.3. The second kappa shape index (κ2) is 7.80. The lowest BCUT2D eigenvalue weighted by atomic mass is 9.94. The zero-order valence-corrected chi connectivity index (χ0v) is 15.2. The number of hydrogen-bond donors (Lipinski definition) is 1. The first-order valence-corrected chi connectivity index (χ1v) is 8.85. The van der Waals surface area contributed by atoms with Crippen molar-refractivity contribution >= 4 is 5.82 Å². The first-order chi connectivity index (χ1) is 12.7. The highest BCUT2D eigenvalue weighted by atomic mass is 19.4. The second-order valence-electron chi connectivity index (χ2n) is 7.13. The first-order valence-electron chi connectivity index (χ1n) is 8.85. The van der Waals surface area contributed by atoms with Gasteiger partial charge in [0.2, 0.25) is 0 Å². The fraction of sp³-hybridized carbons (Fsp3) is 0.474. The van der Waals surface area contributed by atoms with E-state index in [9.17, 15) is 17.6 Å². The monoisotopic (exact) mass is 382 g/mol. The average molecular weight is 382 g/mol. The minimum Gasteiger partial charge on any atom is -0.365 e. The van der Waals surface area contributed by atoms with Crippen LogP contribution in [0.15, 0.2) is 30.5 Å². The maximum Gasteiger partial charge on any atom is 0.434 e. The summed E-state index contributed by atoms with van der Waals surface area (Å²) in [7, 11) is 2.02. The van der Waals surface area contributed by atoms with E-state index in [1.807, 2.05) is 7.05 Å². The van der Waals surface area contributed by atoms with Crippen molar-refractivity contribution < 1.29 is 17.6 Å². The Morgan fingerprint density at radius 3 is 2.56 bits per heavy atom. The predicted octanol–water partition coefficient (Wildman–Crippen LogP) is 3.98. The van der Waals surface area contributed by atoms with Gasteiger partial charge in [-0.25, -0.2) is 9.37 Å². The Bertz CT molecular complexity index is 776. The topological polar surface area (TPSA) is 41.0 Å². The molecule has 1 aromatic heterocycles. The standard InChI is InChI=1S/C19H22F4N4/c1-12-11-27(2)8-7-15(12)25-18-16(9-13-3-5-14(20)6-4-13)24-10-17(26-18)19(21,22)23/h3-6,10,12,15H,7-9,11H2,1-2H3,(H,25,26). The Morgan fingerprint density at radius 2 is 1.93 bits per heavy atom. The number of aromatic nitrogens is 2. The molecule has 4 nitrogen and oxygen atoms in total. The number of halogens is 4. The quantitative estimate of drug-likeness (QED) is 0.813. The van der Waals surface area contributed by atoms with Crippen LogP contribution >= 0.6 is 0 Å². The van der Waals surface area contributed by atoms with Gasteiger partial charge in [0.15, 0.2) is 5.69 Å². The molecule has 1 N–H and O–H groups in total. The Kier molecular flexibility index (Phi) is 5.64. The highest BCUT2D eigenvalue weighted by Crippen LogP contribution is 2.30. The van der Waals surface area contributed by atoms with Gasteiger partial charge >= 0.3 is 6.18 Å². The minimum absolute atomic E-state index is 0.0194. The number of likely N-dealkylation sites (tertiary alicyclic amines) is 1. The van der Waals surface area contributed by atoms with Gasteiger partial charge in [0.25, 0.3) is 0 Å². The lowest BCUT2D eigenvalue weighted by molar-refractivity contribution is -0.141. The zero-order chi connectivity index (χ0) is 19.6. The molecule has 2 heterocycles. The van der Waals surface area contributed by atoms with Crippen LogP contribution in [0.4, 0.5) is 23.4 Å². The Hall–Kier alpha value is -2.22. The highest BCUT2D eigenvalue weighted by molar-refractivity contribution is 5.44. The smallest absolute Gasteiger partial charge is 0.365 e. The highest BCUT2D eigenvalue weighted by Gasteiger charge is 2.34. The van der Waals surface area contributed by atoms with Crippen LogP contribution in [0.1, 0.15) is 30.3 Å². The molecule has 2 aromatic rings. The molecule has 8 heteroatoms. The predicted molar refractivity (Wildman–Crippen MR) is 94.9 cm³/mol. The van der Waals surface area contributed by atoms with E-state index in [1.165, 1.54) is 12.1 Å². The number of piperidine rings is 1. The number of nitrogens with zero attached hydrogens (tertiary/aromatic N) is 3. The molecule has 0 radical (unpaired) electrons. The summed E-state index contributed by atoms with van der Waals surface area (Å²) in [4.78, 5) is 10.0. The number of hydrogen-bond acceptors (Lipinski definition) is 4. The average Bonchev–Trinajstić information content (AvgIpc) is 2.60. The summed E-state index contributed by atoms with van der Waals surface area (Å²) in [5, 5.41) is 3.19. The SMILES string of the molecule is CC1CN(C)CCC1Nc1nc(C(F)(F)F)cnc1Cc1ccc(F)cc1. The zero-order valence-electron chi connectivity index (χ0n) is 15.2. The van der Waals surface area contributed by atoms with Crippen molar-refractivity contribution in [2.75, 3.05) is 25.5 Å². The number of benzene rings is 1. The van der Waals surface area contributed by atoms with E-state index in [0.717, 1.165) is 31.3 Å². The van der Waals surface area contributed by atoms with E-state index in [1.54, 1.807) is 12.1 Å². The van der Waals surface area contributed by atoms with Crippen molar-refractivity contribution in [3.8, 4) is 0 Å². The van der Waals surface area contributed by atoms with Crippen molar-refractivity contribution in [1.82, 2.24) is 14.9 Å². The van der Waals surface area contributed by atoms with Crippen LogP contribution in [-0.4, -0.2) is 41.0 Å². The number of rotatable bonds is 4. The van der Waals surface area contributed by atoms with Crippen molar-refractivity contribution in [3.63, 3.8) is 0 Å². The molecule has 1 saturated heterocycles. The summed E-state index contributed by atoms with van der Waals surface area (Å²) < 4.78 is 52.4. The van der Waals surface area contributed by atoms with Gasteiger partial charge in [0.1, 0.15) is 11.6 Å². The molecule has 1 aliphatic heterocycles. The van der Waals surface area contributed by atoms with Gasteiger partial charge in [-0.2, -0.15) is 13.2 Å². The molecule has 1 aliphatic rings. The summed E-state index contributed by atoms with van der Waals surface area (Å²) >= 11 is 0. The molecule has 0 aliphatic carbocycles. The molecular formula is C19H22F4N4. The first kappa shape index (κ1) is 19.5. The fourth-order valence-corrected chi connectivity index (χ4v) is 3.34. The molecular weight excluding hydrogens is 360 g/mol. The van der Waals surface area contributed by atoms with E-state index in [0.29, 0.717) is 5.69 Å². The maximum atomic E-state index is 13.1. The van der Waals surface area contributed by atoms with Crippen LogP contribution in [0.3, 0.4) is 0 Å². The van der Waals surface area contributed by atoms with Crippen LogP contribution in [-0.2, 0) is 12.6 Å². The van der Waals surface area contributed by atoms with Crippen molar-refractivity contribution in [2.45, 2.75) is 32.0 Å². The van der Waals surface area contributed by atoms with Gasteiger partial charge < -0.3 is 10.2 Å². The number of anilines is 1. The summed E-state index contributed by atoms with van der Waals surface area (Å²) in [5.41, 5.74) is 0.152. The molecule has 146 valence electrons. The third kappa shape index (κ3) is 4.94. The molecule has 0 spiro atoms. The minimum atomic E-state index is -4.56. The lowest BCUT2D eigenvalue weighted by Gasteiger charge is -2.35. The maximum absolute atomic E-state index is 13.1. The van der Waals surface area contributed by atoms with Crippen molar-refractivity contribution in [1.29, 1.82) is 0 Å². The second-order valence-corrected chi connectivity index (χ2v) is 7.13. The van der Waals surface area contributed by atoms with Crippen LogP contribution in [0.5, 0.6) is 0 Å². The lowest BCUT2D eigenvalue weighted by Crippen LogP contribution is -2.43. The molecule has 1 fully saturated rings. The molecule has 1 aromatic carbocycles. The largest absolute Gasteiger partial charge is 0.434 e. The van der Waals surface area contributed by atoms with E-state index >= 15 is 0 Å². The summed E-state index contributed by atoms with van der Waals surface area (Å²) in [6.45, 7) is 3.78. The Balaban J connectivity index is 1.88. The molecule has 2 unspecified atom stereocenters. The van der Waals surface area contributed by atoms with Crippen LogP contribution in [0, 0.1) is 11.7 Å². The number of alkyl halides is 3. The Morgan fingerprint density at radius 1 is 1.22 bits per heavy atom. The summed E-state index contributed by atoms with van der Waals surface area (Å²) in [6.07, 6.45) is -2.72. The van der Waals surface area contributed by atoms with Gasteiger partial charge in [-0.1, -0.05) is 19.1 Å². The van der Waals surface area contributed by atoms with E-state index in [2.05, 4.69) is 27.1 Å². The van der Waals surface area contributed by atoms with Gasteiger partial charge in [0, 0.05) is 19.0 Å². The third-order valence-corrected chi connectivity index (χ3v) is 4.85. The molecule has 27 heavy (non-hydrogen) atoms. The number of nitrogens with one attached hydrogen (secondary N) is 1. The van der Waals surface area contributed by atoms with E-state index in [4.69, 9.17) is 0 Å². The summed E-state index contributed by atoms with van der Waals surface area (Å²) in [6, 6.07) is 5.84. The molecule has 0 saturated carbocycles. The molecule has 0 bridgehead atoms. The van der Waals surface area contributed by atoms with Gasteiger partial charge in [-0.05, 0) is 43.6 Å². The van der Waals surface area contributed by atoms with Crippen molar-refractivity contribution in [3.05, 3.63) is 53.2 Å². The summed E-state index contributed by atoms with van der Waals surface area (Å²) in [5.74, 6) is 0.0464. The van der Waals surface area contributed by atoms with Gasteiger partial charge in [-0.15, -0.1) is 0 Å². The van der Waals surface area contributed by atoms with Gasteiger partial charge in [0.05, 0.1) is 11.9 Å². The van der Waals surface area contributed by atoms with Crippen LogP contribution in [0.2, 0.25) is 0 Å². The molecule has 3 rings (SSSR count). The van der Waals surface area contributed by atoms with Gasteiger partial charge in [-0.3, -0.25) is 4.98 Å². The Labute approximate surface area is 155 Å². The fourth-order valence-electron chi connectivity index (χ4n) is 3.34.